The largest absolute Gasteiger partial charge is 0.349 e. The van der Waals surface area contributed by atoms with Crippen LogP contribution in [0.1, 0.15) is 42.3 Å². The Morgan fingerprint density at radius 2 is 1.59 bits per heavy atom. The molecule has 0 radical (unpaired) electrons. The van der Waals surface area contributed by atoms with E-state index in [0.717, 1.165) is 6.54 Å². The van der Waals surface area contributed by atoms with Gasteiger partial charge in [0.25, 0.3) is 0 Å². The van der Waals surface area contributed by atoms with Crippen molar-refractivity contribution in [3.05, 3.63) is 98.6 Å². The van der Waals surface area contributed by atoms with Gasteiger partial charge >= 0.3 is 5.69 Å². The van der Waals surface area contributed by atoms with Crippen LogP contribution in [0, 0.1) is 18.3 Å². The standard InChI is InChI=1S/C29H29ClN6O/c1-18-5-7-21(8-6-18)27(22-9-11-23(30)12-10-22)35-16-20(3)36(17-19(35)2)28-26-25(34(4)29(37)33-28)14-13-24(15-31)32-26/h5-14,19-20,27H,16-17H2,1-4H3/t19-,20+,27?/m1/s1. The molecule has 188 valence electrons. The number of piperazine rings is 1. The summed E-state index contributed by atoms with van der Waals surface area (Å²) in [6, 6.07) is 22.5. The number of hydrogen-bond donors (Lipinski definition) is 0. The van der Waals surface area contributed by atoms with Crippen LogP contribution < -0.4 is 10.6 Å². The molecule has 3 atom stereocenters. The maximum Gasteiger partial charge on any atom is 0.349 e. The molecule has 37 heavy (non-hydrogen) atoms. The Kier molecular flexibility index (Phi) is 6.72. The van der Waals surface area contributed by atoms with Gasteiger partial charge < -0.3 is 4.90 Å². The number of aryl methyl sites for hydroxylation is 2. The predicted octanol–water partition coefficient (Wildman–Crippen LogP) is 4.85. The number of pyridine rings is 1. The number of rotatable bonds is 4. The van der Waals surface area contributed by atoms with Crippen molar-refractivity contribution in [2.75, 3.05) is 18.0 Å². The third-order valence-corrected chi connectivity index (χ3v) is 7.52. The summed E-state index contributed by atoms with van der Waals surface area (Å²) in [5.74, 6) is 0.535. The molecule has 1 aliphatic heterocycles. The lowest BCUT2D eigenvalue weighted by atomic mass is 9.93. The number of nitrogens with zero attached hydrogens (tertiary/aromatic N) is 6. The van der Waals surface area contributed by atoms with Gasteiger partial charge in [-0.05, 0) is 56.2 Å². The van der Waals surface area contributed by atoms with Gasteiger partial charge in [0.1, 0.15) is 17.3 Å². The fourth-order valence-corrected chi connectivity index (χ4v) is 5.37. The highest BCUT2D eigenvalue weighted by Crippen LogP contribution is 2.35. The third kappa shape index (κ3) is 4.71. The summed E-state index contributed by atoms with van der Waals surface area (Å²) in [6.45, 7) is 7.85. The second-order valence-electron chi connectivity index (χ2n) is 9.86. The number of anilines is 1. The summed E-state index contributed by atoms with van der Waals surface area (Å²) in [5.41, 5.74) is 4.82. The lowest BCUT2D eigenvalue weighted by Gasteiger charge is -2.48. The molecule has 1 fully saturated rings. The fourth-order valence-electron chi connectivity index (χ4n) is 5.25. The smallest absolute Gasteiger partial charge is 0.349 e. The zero-order chi connectivity index (χ0) is 26.3. The number of aromatic nitrogens is 3. The third-order valence-electron chi connectivity index (χ3n) is 7.27. The van der Waals surface area contributed by atoms with Gasteiger partial charge in [-0.15, -0.1) is 0 Å². The first kappa shape index (κ1) is 24.9. The molecule has 2 aromatic heterocycles. The predicted molar refractivity (Wildman–Crippen MR) is 147 cm³/mol. The summed E-state index contributed by atoms with van der Waals surface area (Å²) in [6.07, 6.45) is 0. The first-order valence-corrected chi connectivity index (χ1v) is 12.8. The van der Waals surface area contributed by atoms with Crippen LogP contribution in [0.2, 0.25) is 5.02 Å². The molecule has 1 saturated heterocycles. The zero-order valence-electron chi connectivity index (χ0n) is 21.4. The molecule has 0 spiro atoms. The molecule has 0 bridgehead atoms. The highest BCUT2D eigenvalue weighted by Gasteiger charge is 2.36. The van der Waals surface area contributed by atoms with Crippen molar-refractivity contribution in [2.45, 2.75) is 38.9 Å². The van der Waals surface area contributed by atoms with E-state index in [1.807, 2.05) is 12.1 Å². The van der Waals surface area contributed by atoms with Crippen molar-refractivity contribution in [1.82, 2.24) is 19.4 Å². The van der Waals surface area contributed by atoms with Crippen LogP contribution in [-0.4, -0.2) is 44.6 Å². The van der Waals surface area contributed by atoms with Crippen molar-refractivity contribution in [3.63, 3.8) is 0 Å². The van der Waals surface area contributed by atoms with Gasteiger partial charge in [-0.2, -0.15) is 10.2 Å². The molecule has 1 aliphatic rings. The Morgan fingerprint density at radius 1 is 0.946 bits per heavy atom. The second kappa shape index (κ2) is 9.97. The normalized spacial score (nSPS) is 19.1. The number of fused-ring (bicyclic) bond motifs is 1. The minimum absolute atomic E-state index is 0.0480. The van der Waals surface area contributed by atoms with E-state index in [9.17, 15) is 10.1 Å². The Labute approximate surface area is 221 Å². The minimum Gasteiger partial charge on any atom is -0.349 e. The molecule has 0 N–H and O–H groups in total. The van der Waals surface area contributed by atoms with Crippen molar-refractivity contribution in [2.24, 2.45) is 7.05 Å². The average Bonchev–Trinajstić information content (AvgIpc) is 2.90. The average molecular weight is 513 g/mol. The van der Waals surface area contributed by atoms with Crippen LogP contribution in [-0.2, 0) is 7.05 Å². The lowest BCUT2D eigenvalue weighted by molar-refractivity contribution is 0.129. The molecule has 2 aromatic carbocycles. The highest BCUT2D eigenvalue weighted by atomic mass is 35.5. The fraction of sp³-hybridized carbons (Fsp3) is 0.310. The van der Waals surface area contributed by atoms with Gasteiger partial charge in [0.05, 0.1) is 11.6 Å². The Morgan fingerprint density at radius 3 is 2.24 bits per heavy atom. The molecule has 3 heterocycles. The lowest BCUT2D eigenvalue weighted by Crippen LogP contribution is -2.58. The molecule has 4 aromatic rings. The van der Waals surface area contributed by atoms with E-state index in [0.29, 0.717) is 34.1 Å². The van der Waals surface area contributed by atoms with E-state index >= 15 is 0 Å². The summed E-state index contributed by atoms with van der Waals surface area (Å²) in [7, 11) is 1.68. The van der Waals surface area contributed by atoms with Crippen molar-refractivity contribution < 1.29 is 0 Å². The molecule has 5 rings (SSSR count). The summed E-state index contributed by atoms with van der Waals surface area (Å²) >= 11 is 6.22. The van der Waals surface area contributed by atoms with Gasteiger partial charge in [-0.3, -0.25) is 9.47 Å². The molecular weight excluding hydrogens is 484 g/mol. The first-order chi connectivity index (χ1) is 17.8. The Bertz CT molecular complexity index is 1500. The minimum atomic E-state index is -0.338. The van der Waals surface area contributed by atoms with Gasteiger partial charge in [-0.25, -0.2) is 9.78 Å². The van der Waals surface area contributed by atoms with Gasteiger partial charge in [0.15, 0.2) is 5.82 Å². The maximum atomic E-state index is 12.7. The monoisotopic (exact) mass is 512 g/mol. The summed E-state index contributed by atoms with van der Waals surface area (Å²) in [4.78, 5) is 26.4. The van der Waals surface area contributed by atoms with Gasteiger partial charge in [0.2, 0.25) is 0 Å². The van der Waals surface area contributed by atoms with Gasteiger partial charge in [0, 0.05) is 37.2 Å². The molecule has 0 aliphatic carbocycles. The summed E-state index contributed by atoms with van der Waals surface area (Å²) in [5, 5.41) is 10.1. The van der Waals surface area contributed by atoms with Crippen LogP contribution in [0.25, 0.3) is 11.0 Å². The van der Waals surface area contributed by atoms with E-state index < -0.39 is 0 Å². The molecule has 0 amide bonds. The van der Waals surface area contributed by atoms with Crippen molar-refractivity contribution in [3.8, 4) is 6.07 Å². The maximum absolute atomic E-state index is 12.7. The van der Waals surface area contributed by atoms with E-state index in [1.165, 1.54) is 21.3 Å². The summed E-state index contributed by atoms with van der Waals surface area (Å²) < 4.78 is 1.48. The van der Waals surface area contributed by atoms with Crippen LogP contribution in [0.5, 0.6) is 0 Å². The van der Waals surface area contributed by atoms with Crippen LogP contribution >= 0.6 is 11.6 Å². The van der Waals surface area contributed by atoms with Crippen LogP contribution in [0.15, 0.2) is 65.5 Å². The molecule has 1 unspecified atom stereocenters. The highest BCUT2D eigenvalue weighted by molar-refractivity contribution is 6.30. The second-order valence-corrected chi connectivity index (χ2v) is 10.3. The number of halogens is 1. The van der Waals surface area contributed by atoms with E-state index in [2.05, 4.69) is 83.0 Å². The topological polar surface area (TPSA) is 78.0 Å². The zero-order valence-corrected chi connectivity index (χ0v) is 22.1. The first-order valence-electron chi connectivity index (χ1n) is 12.4. The van der Waals surface area contributed by atoms with E-state index in [-0.39, 0.29) is 23.8 Å². The molecule has 8 heteroatoms. The van der Waals surface area contributed by atoms with Crippen LogP contribution in [0.3, 0.4) is 0 Å². The number of benzene rings is 2. The van der Waals surface area contributed by atoms with Crippen molar-refractivity contribution >= 4 is 28.5 Å². The van der Waals surface area contributed by atoms with E-state index in [1.54, 1.807) is 19.2 Å². The van der Waals surface area contributed by atoms with E-state index in [4.69, 9.17) is 11.6 Å². The number of nitriles is 1. The Balaban J connectivity index is 1.55. The molecular formula is C29H29ClN6O. The van der Waals surface area contributed by atoms with Crippen molar-refractivity contribution in [1.29, 1.82) is 5.26 Å². The molecule has 0 saturated carbocycles. The number of hydrogen-bond acceptors (Lipinski definition) is 6. The molecule has 7 nitrogen and oxygen atoms in total. The Hall–Kier alpha value is -3.73. The SMILES string of the molecule is Cc1ccc(C(c2ccc(Cl)cc2)N2C[C@H](C)N(c3nc(=O)n(C)c4ccc(C#N)nc34)C[C@H]2C)cc1. The van der Waals surface area contributed by atoms with Gasteiger partial charge in [-0.1, -0.05) is 53.6 Å². The van der Waals surface area contributed by atoms with Crippen LogP contribution in [0.4, 0.5) is 5.82 Å². The quantitative estimate of drug-likeness (QED) is 0.389.